The van der Waals surface area contributed by atoms with Crippen LogP contribution in [0.3, 0.4) is 0 Å². The summed E-state index contributed by atoms with van der Waals surface area (Å²) in [5.41, 5.74) is 6.27. The Bertz CT molecular complexity index is 1320. The van der Waals surface area contributed by atoms with Gasteiger partial charge in [0.05, 0.1) is 20.3 Å². The average molecular weight is 428 g/mol. The summed E-state index contributed by atoms with van der Waals surface area (Å²) < 4.78 is 20.4. The minimum atomic E-state index is -0.104. The highest BCUT2D eigenvalue weighted by Gasteiger charge is 2.39. The van der Waals surface area contributed by atoms with E-state index in [2.05, 4.69) is 66.2 Å². The number of hydrogen-bond donors (Lipinski definition) is 0. The topological polar surface area (TPSA) is 32.6 Å². The minimum Gasteiger partial charge on any atom is -0.493 e. The molecule has 3 atom stereocenters. The van der Waals surface area contributed by atoms with Gasteiger partial charge in [-0.15, -0.1) is 0 Å². The van der Waals surface area contributed by atoms with Gasteiger partial charge in [-0.1, -0.05) is 37.1 Å². The molecule has 4 aromatic rings. The zero-order chi connectivity index (χ0) is 21.8. The fourth-order valence-corrected chi connectivity index (χ4v) is 5.93. The number of ether oxygens (including phenoxy) is 3. The molecular weight excluding hydrogens is 398 g/mol. The highest BCUT2D eigenvalue weighted by molar-refractivity contribution is 6.08. The van der Waals surface area contributed by atoms with Crippen LogP contribution in [0, 0.1) is 0 Å². The molecule has 0 amide bonds. The lowest BCUT2D eigenvalue weighted by atomic mass is 9.75. The Morgan fingerprint density at radius 1 is 0.812 bits per heavy atom. The van der Waals surface area contributed by atoms with Crippen molar-refractivity contribution in [1.29, 1.82) is 0 Å². The predicted octanol–water partition coefficient (Wildman–Crippen LogP) is 6.49. The lowest BCUT2D eigenvalue weighted by molar-refractivity contribution is -0.0390. The highest BCUT2D eigenvalue weighted by Crippen LogP contribution is 2.50. The fraction of sp³-hybridized carbons (Fsp3) is 0.357. The fourth-order valence-electron chi connectivity index (χ4n) is 5.93. The summed E-state index contributed by atoms with van der Waals surface area (Å²) in [4.78, 5) is 0. The minimum absolute atomic E-state index is 0.104. The van der Waals surface area contributed by atoms with Gasteiger partial charge in [0.2, 0.25) is 0 Å². The van der Waals surface area contributed by atoms with Crippen LogP contribution in [0.2, 0.25) is 0 Å². The van der Waals surface area contributed by atoms with Crippen LogP contribution >= 0.6 is 0 Å². The lowest BCUT2D eigenvalue weighted by Crippen LogP contribution is -2.33. The largest absolute Gasteiger partial charge is 0.493 e. The number of methoxy groups -OCH3 is 2. The quantitative estimate of drug-likeness (QED) is 0.374. The molecule has 1 aromatic heterocycles. The number of aromatic nitrogens is 1. The van der Waals surface area contributed by atoms with E-state index < -0.39 is 0 Å². The van der Waals surface area contributed by atoms with E-state index in [0.717, 1.165) is 17.9 Å². The molecule has 0 spiro atoms. The summed E-state index contributed by atoms with van der Waals surface area (Å²) >= 11 is 0. The SMILES string of the molecule is COc1cc2c(cc1OC)[C@H]1CCCC[C@H]1O[C@H]2c1ccc2c(c1)c1ccccc1n2C. The summed E-state index contributed by atoms with van der Waals surface area (Å²) in [6.07, 6.45) is 4.92. The van der Waals surface area contributed by atoms with Gasteiger partial charge in [-0.3, -0.25) is 0 Å². The van der Waals surface area contributed by atoms with Gasteiger partial charge in [0, 0.05) is 34.8 Å². The molecule has 1 aliphatic heterocycles. The Morgan fingerprint density at radius 2 is 1.53 bits per heavy atom. The number of fused-ring (bicyclic) bond motifs is 6. The van der Waals surface area contributed by atoms with Gasteiger partial charge in [-0.25, -0.2) is 0 Å². The zero-order valence-corrected chi connectivity index (χ0v) is 18.9. The van der Waals surface area contributed by atoms with Crippen molar-refractivity contribution in [3.05, 3.63) is 71.3 Å². The van der Waals surface area contributed by atoms with E-state index in [9.17, 15) is 0 Å². The predicted molar refractivity (Wildman–Crippen MR) is 128 cm³/mol. The Morgan fingerprint density at radius 3 is 2.34 bits per heavy atom. The second kappa shape index (κ2) is 7.56. The third kappa shape index (κ3) is 2.86. The van der Waals surface area contributed by atoms with Gasteiger partial charge in [0.25, 0.3) is 0 Å². The van der Waals surface area contributed by atoms with Crippen LogP contribution in [0.15, 0.2) is 54.6 Å². The summed E-state index contributed by atoms with van der Waals surface area (Å²) in [6.45, 7) is 0. The van der Waals surface area contributed by atoms with Crippen molar-refractivity contribution in [2.75, 3.05) is 14.2 Å². The molecule has 0 bridgehead atoms. The standard InChI is InChI=1S/C28H29NO3/c1-29-23-10-6-4-8-18(23)21-14-17(12-13-24(21)29)28-22-16-27(31-3)26(30-2)15-20(22)19-9-5-7-11-25(19)32-28/h4,6,8,10,12-16,19,25,28H,5,7,9,11H2,1-3H3/t19-,25-,28+/m1/s1. The van der Waals surface area contributed by atoms with Crippen LogP contribution in [0.5, 0.6) is 11.5 Å². The third-order valence-electron chi connectivity index (χ3n) is 7.52. The van der Waals surface area contributed by atoms with Gasteiger partial charge in [0.15, 0.2) is 11.5 Å². The molecule has 0 saturated heterocycles. The Labute approximate surface area is 188 Å². The van der Waals surface area contributed by atoms with Crippen molar-refractivity contribution in [2.45, 2.75) is 43.8 Å². The molecular formula is C28H29NO3. The monoisotopic (exact) mass is 427 g/mol. The van der Waals surface area contributed by atoms with Crippen LogP contribution in [-0.2, 0) is 11.8 Å². The van der Waals surface area contributed by atoms with E-state index in [4.69, 9.17) is 14.2 Å². The van der Waals surface area contributed by atoms with Crippen molar-refractivity contribution in [3.8, 4) is 11.5 Å². The van der Waals surface area contributed by atoms with Gasteiger partial charge in [-0.2, -0.15) is 0 Å². The molecule has 2 aliphatic rings. The average Bonchev–Trinajstić information content (AvgIpc) is 3.14. The second-order valence-electron chi connectivity index (χ2n) is 9.13. The number of rotatable bonds is 3. The number of benzene rings is 3. The molecule has 0 unspecified atom stereocenters. The van der Waals surface area contributed by atoms with Crippen molar-refractivity contribution < 1.29 is 14.2 Å². The number of para-hydroxylation sites is 1. The molecule has 1 aliphatic carbocycles. The summed E-state index contributed by atoms with van der Waals surface area (Å²) in [7, 11) is 5.56. The maximum atomic E-state index is 6.84. The van der Waals surface area contributed by atoms with E-state index in [-0.39, 0.29) is 12.2 Å². The highest BCUT2D eigenvalue weighted by atomic mass is 16.5. The molecule has 6 rings (SSSR count). The summed E-state index contributed by atoms with van der Waals surface area (Å²) in [5.74, 6) is 2.00. The molecule has 1 saturated carbocycles. The van der Waals surface area contributed by atoms with Crippen LogP contribution in [0.1, 0.15) is 54.4 Å². The third-order valence-corrected chi connectivity index (χ3v) is 7.52. The van der Waals surface area contributed by atoms with Crippen molar-refractivity contribution in [2.24, 2.45) is 7.05 Å². The Hall–Kier alpha value is -2.98. The molecule has 0 N–H and O–H groups in total. The molecule has 2 heterocycles. The lowest BCUT2D eigenvalue weighted by Gasteiger charge is -2.41. The van der Waals surface area contributed by atoms with Crippen molar-refractivity contribution >= 4 is 21.8 Å². The Kier molecular flexibility index (Phi) is 4.65. The maximum absolute atomic E-state index is 6.84. The van der Waals surface area contributed by atoms with Gasteiger partial charge < -0.3 is 18.8 Å². The van der Waals surface area contributed by atoms with Crippen LogP contribution in [-0.4, -0.2) is 24.9 Å². The van der Waals surface area contributed by atoms with Crippen LogP contribution < -0.4 is 9.47 Å². The zero-order valence-electron chi connectivity index (χ0n) is 18.9. The first-order valence-corrected chi connectivity index (χ1v) is 11.6. The van der Waals surface area contributed by atoms with E-state index in [1.165, 1.54) is 57.8 Å². The first kappa shape index (κ1) is 19.7. The van der Waals surface area contributed by atoms with Crippen molar-refractivity contribution in [1.82, 2.24) is 4.57 Å². The molecule has 0 radical (unpaired) electrons. The van der Waals surface area contributed by atoms with Gasteiger partial charge in [-0.05, 0) is 59.9 Å². The number of hydrogen-bond acceptors (Lipinski definition) is 3. The molecule has 1 fully saturated rings. The Balaban J connectivity index is 1.55. The van der Waals surface area contributed by atoms with Crippen LogP contribution in [0.4, 0.5) is 0 Å². The number of nitrogens with zero attached hydrogens (tertiary/aromatic N) is 1. The maximum Gasteiger partial charge on any atom is 0.161 e. The summed E-state index contributed by atoms with van der Waals surface area (Å²) in [5, 5.41) is 2.56. The molecule has 4 heteroatoms. The number of aryl methyl sites for hydroxylation is 1. The molecule has 4 nitrogen and oxygen atoms in total. The first-order valence-electron chi connectivity index (χ1n) is 11.6. The normalized spacial score (nSPS) is 22.5. The van der Waals surface area contributed by atoms with Crippen LogP contribution in [0.25, 0.3) is 21.8 Å². The van der Waals surface area contributed by atoms with Gasteiger partial charge >= 0.3 is 0 Å². The van der Waals surface area contributed by atoms with E-state index in [1.807, 2.05) is 0 Å². The van der Waals surface area contributed by atoms with Gasteiger partial charge in [0.1, 0.15) is 6.10 Å². The smallest absolute Gasteiger partial charge is 0.161 e. The van der Waals surface area contributed by atoms with E-state index in [0.29, 0.717) is 5.92 Å². The second-order valence-corrected chi connectivity index (χ2v) is 9.13. The van der Waals surface area contributed by atoms with E-state index >= 15 is 0 Å². The molecule has 3 aromatic carbocycles. The molecule has 164 valence electrons. The molecule has 32 heavy (non-hydrogen) atoms. The first-order chi connectivity index (χ1) is 15.7. The van der Waals surface area contributed by atoms with E-state index in [1.54, 1.807) is 14.2 Å². The summed E-state index contributed by atoms with van der Waals surface area (Å²) in [6, 6.07) is 19.7. The van der Waals surface area contributed by atoms with Crippen molar-refractivity contribution in [3.63, 3.8) is 0 Å².